The normalized spacial score (nSPS) is 11.4. The Hall–Kier alpha value is -3.56. The molecule has 29 heavy (non-hydrogen) atoms. The number of amides is 1. The lowest BCUT2D eigenvalue weighted by Gasteiger charge is -2.11. The number of ether oxygens (including phenoxy) is 1. The van der Waals surface area contributed by atoms with E-state index in [1.54, 1.807) is 24.3 Å². The highest BCUT2D eigenvalue weighted by molar-refractivity contribution is 5.78. The van der Waals surface area contributed by atoms with Crippen LogP contribution in [0.2, 0.25) is 0 Å². The van der Waals surface area contributed by atoms with Crippen LogP contribution in [0.25, 0.3) is 10.9 Å². The van der Waals surface area contributed by atoms with E-state index in [9.17, 15) is 27.6 Å². The highest BCUT2D eigenvalue weighted by atomic mass is 19.4. The molecule has 2 N–H and O–H groups in total. The van der Waals surface area contributed by atoms with Gasteiger partial charge < -0.3 is 10.1 Å². The lowest BCUT2D eigenvalue weighted by Crippen LogP contribution is -2.32. The third-order valence-electron chi connectivity index (χ3n) is 4.11. The number of carbonyl (C=O) groups excluding carboxylic acids is 1. The van der Waals surface area contributed by atoms with Gasteiger partial charge in [-0.05, 0) is 29.8 Å². The van der Waals surface area contributed by atoms with Crippen LogP contribution in [-0.2, 0) is 17.9 Å². The van der Waals surface area contributed by atoms with E-state index in [0.29, 0.717) is 16.5 Å². The average Bonchev–Trinajstić information content (AvgIpc) is 2.66. The summed E-state index contributed by atoms with van der Waals surface area (Å²) >= 11 is 0. The molecule has 10 heteroatoms. The number of fused-ring (bicyclic) bond motifs is 1. The fraction of sp³-hybridized carbons (Fsp3) is 0.211. The summed E-state index contributed by atoms with van der Waals surface area (Å²) in [6.07, 6.45) is -4.79. The molecule has 1 amide bonds. The maximum Gasteiger partial charge on any atom is 0.573 e. The molecule has 152 valence electrons. The van der Waals surface area contributed by atoms with Gasteiger partial charge >= 0.3 is 12.1 Å². The van der Waals surface area contributed by atoms with Crippen LogP contribution in [0.3, 0.4) is 0 Å². The Morgan fingerprint density at radius 1 is 1.07 bits per heavy atom. The van der Waals surface area contributed by atoms with E-state index in [-0.39, 0.29) is 31.2 Å². The van der Waals surface area contributed by atoms with Crippen LogP contribution in [0, 0.1) is 0 Å². The average molecular weight is 407 g/mol. The summed E-state index contributed by atoms with van der Waals surface area (Å²) in [6, 6.07) is 11.7. The molecule has 0 radical (unpaired) electrons. The van der Waals surface area contributed by atoms with Gasteiger partial charge in [0.05, 0.1) is 10.9 Å². The third kappa shape index (κ3) is 5.24. The van der Waals surface area contributed by atoms with Crippen molar-refractivity contribution in [3.8, 4) is 5.75 Å². The van der Waals surface area contributed by atoms with Crippen LogP contribution in [0.4, 0.5) is 13.2 Å². The fourth-order valence-electron chi connectivity index (χ4n) is 2.78. The molecule has 0 spiro atoms. The number of alkyl halides is 3. The van der Waals surface area contributed by atoms with E-state index in [0.717, 1.165) is 12.1 Å². The minimum atomic E-state index is -4.76. The maximum absolute atomic E-state index is 12.1. The second-order valence-corrected chi connectivity index (χ2v) is 6.15. The number of aromatic nitrogens is 2. The number of nitrogens with zero attached hydrogens (tertiary/aromatic N) is 1. The first-order valence-electron chi connectivity index (χ1n) is 8.56. The van der Waals surface area contributed by atoms with E-state index in [2.05, 4.69) is 15.0 Å². The number of para-hydroxylation sites is 1. The van der Waals surface area contributed by atoms with Gasteiger partial charge in [-0.25, -0.2) is 4.79 Å². The topological polar surface area (TPSA) is 93.2 Å². The molecule has 1 heterocycles. The van der Waals surface area contributed by atoms with E-state index >= 15 is 0 Å². The molecule has 0 aliphatic heterocycles. The molecule has 0 fully saturated rings. The van der Waals surface area contributed by atoms with Crippen molar-refractivity contribution in [3.05, 3.63) is 74.9 Å². The van der Waals surface area contributed by atoms with Crippen LogP contribution in [0.5, 0.6) is 5.75 Å². The van der Waals surface area contributed by atoms with E-state index in [1.165, 1.54) is 16.7 Å². The molecule has 0 saturated heterocycles. The van der Waals surface area contributed by atoms with E-state index in [1.807, 2.05) is 0 Å². The van der Waals surface area contributed by atoms with Gasteiger partial charge in [0.15, 0.2) is 0 Å². The van der Waals surface area contributed by atoms with Gasteiger partial charge in [0.25, 0.3) is 5.56 Å². The number of carbonyl (C=O) groups is 1. The van der Waals surface area contributed by atoms with Gasteiger partial charge in [0.2, 0.25) is 5.91 Å². The molecule has 0 saturated carbocycles. The van der Waals surface area contributed by atoms with E-state index in [4.69, 9.17) is 0 Å². The first kappa shape index (κ1) is 20.2. The van der Waals surface area contributed by atoms with Crippen molar-refractivity contribution < 1.29 is 22.7 Å². The van der Waals surface area contributed by atoms with Crippen molar-refractivity contribution in [2.75, 3.05) is 0 Å². The lowest BCUT2D eigenvalue weighted by molar-refractivity contribution is -0.274. The predicted molar refractivity (Wildman–Crippen MR) is 98.4 cm³/mol. The second kappa shape index (κ2) is 8.21. The van der Waals surface area contributed by atoms with Crippen LogP contribution in [0.15, 0.2) is 58.1 Å². The van der Waals surface area contributed by atoms with Crippen molar-refractivity contribution >= 4 is 16.8 Å². The van der Waals surface area contributed by atoms with Crippen molar-refractivity contribution in [3.63, 3.8) is 0 Å². The number of nitrogens with one attached hydrogen (secondary N) is 2. The Balaban J connectivity index is 1.59. The quantitative estimate of drug-likeness (QED) is 0.656. The molecule has 0 unspecified atom stereocenters. The molecule has 7 nitrogen and oxygen atoms in total. The van der Waals surface area contributed by atoms with Gasteiger partial charge in [-0.3, -0.25) is 19.1 Å². The van der Waals surface area contributed by atoms with Crippen LogP contribution in [0.1, 0.15) is 12.0 Å². The van der Waals surface area contributed by atoms with Crippen molar-refractivity contribution in [1.29, 1.82) is 0 Å². The monoisotopic (exact) mass is 407 g/mol. The molecule has 0 aliphatic rings. The van der Waals surface area contributed by atoms with E-state index < -0.39 is 17.6 Å². The number of hydrogen-bond donors (Lipinski definition) is 2. The molecule has 0 atom stereocenters. The zero-order valence-electron chi connectivity index (χ0n) is 15.0. The summed E-state index contributed by atoms with van der Waals surface area (Å²) in [4.78, 5) is 38.2. The Bertz CT molecular complexity index is 1130. The predicted octanol–water partition coefficient (Wildman–Crippen LogP) is 2.29. The summed E-state index contributed by atoms with van der Waals surface area (Å²) in [5, 5.41) is 2.97. The molecular weight excluding hydrogens is 391 g/mol. The third-order valence-corrected chi connectivity index (χ3v) is 4.11. The summed E-state index contributed by atoms with van der Waals surface area (Å²) < 4.78 is 41.5. The summed E-state index contributed by atoms with van der Waals surface area (Å²) in [6.45, 7) is 0.159. The molecule has 2 aromatic carbocycles. The summed E-state index contributed by atoms with van der Waals surface area (Å²) in [5.41, 5.74) is -0.0974. The summed E-state index contributed by atoms with van der Waals surface area (Å²) in [5.74, 6) is -0.709. The molecule has 0 bridgehead atoms. The first-order valence-corrected chi connectivity index (χ1v) is 8.56. The van der Waals surface area contributed by atoms with Crippen molar-refractivity contribution in [2.24, 2.45) is 0 Å². The number of aryl methyl sites for hydroxylation is 1. The Morgan fingerprint density at radius 3 is 2.45 bits per heavy atom. The highest BCUT2D eigenvalue weighted by Gasteiger charge is 2.30. The lowest BCUT2D eigenvalue weighted by atomic mass is 10.2. The Morgan fingerprint density at radius 2 is 1.76 bits per heavy atom. The molecule has 0 aliphatic carbocycles. The van der Waals surface area contributed by atoms with Gasteiger partial charge in [0, 0.05) is 19.5 Å². The number of rotatable bonds is 6. The molecule has 3 aromatic rings. The zero-order chi connectivity index (χ0) is 21.0. The van der Waals surface area contributed by atoms with Crippen LogP contribution in [-0.4, -0.2) is 21.8 Å². The first-order chi connectivity index (χ1) is 13.7. The molecular formula is C19H16F3N3O4. The highest BCUT2D eigenvalue weighted by Crippen LogP contribution is 2.22. The number of halogens is 3. The summed E-state index contributed by atoms with van der Waals surface area (Å²) in [7, 11) is 0. The smallest absolute Gasteiger partial charge is 0.406 e. The maximum atomic E-state index is 12.1. The van der Waals surface area contributed by atoms with Gasteiger partial charge in [0.1, 0.15) is 5.75 Å². The Labute approximate surface area is 161 Å². The van der Waals surface area contributed by atoms with Crippen LogP contribution < -0.4 is 21.3 Å². The van der Waals surface area contributed by atoms with Gasteiger partial charge in [-0.2, -0.15) is 0 Å². The standard InChI is InChI=1S/C19H16F3N3O4/c20-19(21,22)29-13-7-5-12(6-8-13)11-23-16(26)9-10-25-15-4-2-1-3-14(15)17(27)24-18(25)28/h1-8H,9-11H2,(H,23,26)(H,24,27,28). The Kier molecular flexibility index (Phi) is 5.71. The largest absolute Gasteiger partial charge is 0.573 e. The zero-order valence-corrected chi connectivity index (χ0v) is 15.0. The van der Waals surface area contributed by atoms with Gasteiger partial charge in [-0.15, -0.1) is 13.2 Å². The molecule has 1 aromatic heterocycles. The second-order valence-electron chi connectivity index (χ2n) is 6.15. The van der Waals surface area contributed by atoms with Gasteiger partial charge in [-0.1, -0.05) is 24.3 Å². The SMILES string of the molecule is O=C(CCn1c(=O)[nH]c(=O)c2ccccc21)NCc1ccc(OC(F)(F)F)cc1. The number of hydrogen-bond acceptors (Lipinski definition) is 4. The van der Waals surface area contributed by atoms with Crippen molar-refractivity contribution in [1.82, 2.24) is 14.9 Å². The fourth-order valence-corrected chi connectivity index (χ4v) is 2.78. The number of H-pyrrole nitrogens is 1. The number of benzene rings is 2. The number of aromatic amines is 1. The molecule has 3 rings (SSSR count). The minimum absolute atomic E-state index is 0.0226. The van der Waals surface area contributed by atoms with Crippen LogP contribution >= 0.6 is 0 Å². The minimum Gasteiger partial charge on any atom is -0.406 e. The van der Waals surface area contributed by atoms with Crippen molar-refractivity contribution in [2.45, 2.75) is 25.9 Å².